The van der Waals surface area contributed by atoms with E-state index in [2.05, 4.69) is 16.9 Å². The predicted octanol–water partition coefficient (Wildman–Crippen LogP) is 1.59. The van der Waals surface area contributed by atoms with Crippen LogP contribution >= 0.6 is 11.8 Å². The molecule has 0 bridgehead atoms. The zero-order chi connectivity index (χ0) is 9.90. The van der Waals surface area contributed by atoms with E-state index in [9.17, 15) is 4.79 Å². The molecule has 2 amide bonds. The quantitative estimate of drug-likeness (QED) is 0.727. The first-order valence-electron chi connectivity index (χ1n) is 4.67. The molecule has 0 saturated heterocycles. The van der Waals surface area contributed by atoms with Crippen LogP contribution in [0.2, 0.25) is 0 Å². The molecule has 1 fully saturated rings. The highest BCUT2D eigenvalue weighted by atomic mass is 32.2. The van der Waals surface area contributed by atoms with E-state index in [1.54, 1.807) is 0 Å². The molecule has 0 aromatic heterocycles. The maximum Gasteiger partial charge on any atom is 0.315 e. The van der Waals surface area contributed by atoms with Gasteiger partial charge in [-0.1, -0.05) is 0 Å². The van der Waals surface area contributed by atoms with Crippen molar-refractivity contribution in [3.63, 3.8) is 0 Å². The molecule has 0 aliphatic heterocycles. The van der Waals surface area contributed by atoms with Gasteiger partial charge in [0, 0.05) is 17.3 Å². The summed E-state index contributed by atoms with van der Waals surface area (Å²) >= 11 is 1.86. The molecule has 0 radical (unpaired) electrons. The van der Waals surface area contributed by atoms with Gasteiger partial charge in [-0.15, -0.1) is 0 Å². The lowest BCUT2D eigenvalue weighted by Crippen LogP contribution is -2.42. The number of carbonyl (C=O) groups is 1. The lowest BCUT2D eigenvalue weighted by Gasteiger charge is -2.14. The minimum Gasteiger partial charge on any atom is -0.337 e. The van der Waals surface area contributed by atoms with Crippen molar-refractivity contribution < 1.29 is 4.79 Å². The summed E-state index contributed by atoms with van der Waals surface area (Å²) in [6, 6.07) is 0.166. The van der Waals surface area contributed by atoms with Crippen LogP contribution in [-0.2, 0) is 0 Å². The van der Waals surface area contributed by atoms with Gasteiger partial charge in [0.25, 0.3) is 0 Å². The van der Waals surface area contributed by atoms with Crippen molar-refractivity contribution in [2.45, 2.75) is 37.5 Å². The smallest absolute Gasteiger partial charge is 0.315 e. The van der Waals surface area contributed by atoms with Gasteiger partial charge < -0.3 is 10.6 Å². The monoisotopic (exact) mass is 202 g/mol. The molecule has 0 spiro atoms. The molecule has 0 aromatic carbocycles. The summed E-state index contributed by atoms with van der Waals surface area (Å²) in [5, 5.41) is 5.70. The van der Waals surface area contributed by atoms with Crippen LogP contribution in [0, 0.1) is 0 Å². The number of amides is 2. The van der Waals surface area contributed by atoms with E-state index >= 15 is 0 Å². The van der Waals surface area contributed by atoms with Crippen molar-refractivity contribution >= 4 is 17.8 Å². The van der Waals surface area contributed by atoms with Crippen LogP contribution in [0.15, 0.2) is 0 Å². The molecule has 1 rings (SSSR count). The van der Waals surface area contributed by atoms with Gasteiger partial charge in [0.15, 0.2) is 0 Å². The normalized spacial score (nSPS) is 18.5. The summed E-state index contributed by atoms with van der Waals surface area (Å²) in [5.74, 6) is 0. The highest BCUT2D eigenvalue weighted by Gasteiger charge is 2.41. The molecule has 1 aliphatic rings. The molecule has 3 nitrogen and oxygen atoms in total. The van der Waals surface area contributed by atoms with Crippen LogP contribution in [0.3, 0.4) is 0 Å². The molecule has 0 aromatic rings. The number of hydrogen-bond acceptors (Lipinski definition) is 2. The van der Waals surface area contributed by atoms with Gasteiger partial charge in [-0.3, -0.25) is 0 Å². The van der Waals surface area contributed by atoms with Crippen LogP contribution in [0.1, 0.15) is 26.7 Å². The molecule has 76 valence electrons. The average molecular weight is 202 g/mol. The molecule has 0 atom stereocenters. The second-order valence-corrected chi connectivity index (χ2v) is 5.14. The fourth-order valence-electron chi connectivity index (χ4n) is 1.15. The molecule has 0 heterocycles. The Morgan fingerprint density at radius 3 is 2.54 bits per heavy atom. The van der Waals surface area contributed by atoms with Gasteiger partial charge in [-0.25, -0.2) is 4.79 Å². The third kappa shape index (κ3) is 3.46. The second-order valence-electron chi connectivity index (χ2n) is 3.87. The van der Waals surface area contributed by atoms with Gasteiger partial charge in [0.05, 0.1) is 0 Å². The highest BCUT2D eigenvalue weighted by Crippen LogP contribution is 2.46. The fourth-order valence-corrected chi connectivity index (χ4v) is 1.87. The summed E-state index contributed by atoms with van der Waals surface area (Å²) in [5.41, 5.74) is 0. The van der Waals surface area contributed by atoms with Crippen molar-refractivity contribution in [1.82, 2.24) is 10.6 Å². The summed E-state index contributed by atoms with van der Waals surface area (Å²) in [6.07, 6.45) is 4.57. The Bertz CT molecular complexity index is 190. The van der Waals surface area contributed by atoms with Gasteiger partial charge in [0.1, 0.15) is 0 Å². The maximum atomic E-state index is 11.2. The maximum absolute atomic E-state index is 11.2. The molecule has 4 heteroatoms. The van der Waals surface area contributed by atoms with Crippen LogP contribution < -0.4 is 10.6 Å². The van der Waals surface area contributed by atoms with Crippen LogP contribution in [0.5, 0.6) is 0 Å². The summed E-state index contributed by atoms with van der Waals surface area (Å²) in [7, 11) is 0. The molecule has 13 heavy (non-hydrogen) atoms. The van der Waals surface area contributed by atoms with Crippen LogP contribution in [-0.4, -0.2) is 29.6 Å². The molecule has 2 N–H and O–H groups in total. The Balaban J connectivity index is 2.15. The minimum absolute atomic E-state index is 0.0460. The summed E-state index contributed by atoms with van der Waals surface area (Å²) in [6.45, 7) is 4.72. The third-order valence-electron chi connectivity index (χ3n) is 2.23. The Hall–Kier alpha value is -0.380. The fraction of sp³-hybridized carbons (Fsp3) is 0.889. The van der Waals surface area contributed by atoms with Crippen molar-refractivity contribution in [2.24, 2.45) is 0 Å². The van der Waals surface area contributed by atoms with E-state index in [4.69, 9.17) is 0 Å². The van der Waals surface area contributed by atoms with Crippen LogP contribution in [0.4, 0.5) is 4.79 Å². The SMILES string of the molecule is CSC1(CNC(=O)NC(C)C)CC1. The van der Waals surface area contributed by atoms with Gasteiger partial charge in [-0.05, 0) is 32.9 Å². The van der Waals surface area contributed by atoms with E-state index in [0.29, 0.717) is 4.75 Å². The Morgan fingerprint density at radius 2 is 2.15 bits per heavy atom. The third-order valence-corrected chi connectivity index (χ3v) is 3.65. The molecule has 1 aliphatic carbocycles. The number of hydrogen-bond donors (Lipinski definition) is 2. The van der Waals surface area contributed by atoms with Gasteiger partial charge >= 0.3 is 6.03 Å². The Labute approximate surface area is 84.0 Å². The number of rotatable bonds is 4. The Morgan fingerprint density at radius 1 is 1.54 bits per heavy atom. The topological polar surface area (TPSA) is 41.1 Å². The average Bonchev–Trinajstić information content (AvgIpc) is 2.80. The van der Waals surface area contributed by atoms with Crippen LogP contribution in [0.25, 0.3) is 0 Å². The molecule has 0 unspecified atom stereocenters. The largest absolute Gasteiger partial charge is 0.337 e. The van der Waals surface area contributed by atoms with Crippen molar-refractivity contribution in [3.8, 4) is 0 Å². The summed E-state index contributed by atoms with van der Waals surface area (Å²) in [4.78, 5) is 11.2. The zero-order valence-electron chi connectivity index (χ0n) is 8.52. The number of carbonyl (C=O) groups excluding carboxylic acids is 1. The zero-order valence-corrected chi connectivity index (χ0v) is 9.33. The predicted molar refractivity (Wildman–Crippen MR) is 57.2 cm³/mol. The van der Waals surface area contributed by atoms with E-state index in [1.165, 1.54) is 12.8 Å². The lowest BCUT2D eigenvalue weighted by molar-refractivity contribution is 0.238. The first kappa shape index (κ1) is 10.7. The molecular formula is C9H18N2OS. The van der Waals surface area contributed by atoms with Crippen molar-refractivity contribution in [2.75, 3.05) is 12.8 Å². The van der Waals surface area contributed by atoms with Crippen molar-refractivity contribution in [1.29, 1.82) is 0 Å². The first-order chi connectivity index (χ1) is 6.08. The number of nitrogens with one attached hydrogen (secondary N) is 2. The van der Waals surface area contributed by atoms with E-state index < -0.39 is 0 Å². The molecule has 1 saturated carbocycles. The van der Waals surface area contributed by atoms with E-state index in [1.807, 2.05) is 25.6 Å². The molecular weight excluding hydrogens is 184 g/mol. The van der Waals surface area contributed by atoms with Crippen molar-refractivity contribution in [3.05, 3.63) is 0 Å². The van der Waals surface area contributed by atoms with E-state index in [0.717, 1.165) is 6.54 Å². The lowest BCUT2D eigenvalue weighted by atomic mass is 10.4. The van der Waals surface area contributed by atoms with Gasteiger partial charge in [-0.2, -0.15) is 11.8 Å². The summed E-state index contributed by atoms with van der Waals surface area (Å²) < 4.78 is 0.355. The number of thioether (sulfide) groups is 1. The standard InChI is InChI=1S/C9H18N2OS/c1-7(2)11-8(12)10-6-9(13-3)4-5-9/h7H,4-6H2,1-3H3,(H2,10,11,12). The van der Waals surface area contributed by atoms with E-state index in [-0.39, 0.29) is 12.1 Å². The minimum atomic E-state index is -0.0460. The first-order valence-corrected chi connectivity index (χ1v) is 5.90. The highest BCUT2D eigenvalue weighted by molar-refractivity contribution is 8.00. The second kappa shape index (κ2) is 4.22. The van der Waals surface area contributed by atoms with Gasteiger partial charge in [0.2, 0.25) is 0 Å². The Kier molecular flexibility index (Phi) is 3.47. The number of urea groups is 1.